The van der Waals surface area contributed by atoms with Gasteiger partial charge in [0.15, 0.2) is 0 Å². The third kappa shape index (κ3) is 5.47. The Labute approximate surface area is 132 Å². The van der Waals surface area contributed by atoms with Crippen LogP contribution in [0.15, 0.2) is 18.2 Å². The number of nitrogens with one attached hydrogen (secondary N) is 1. The predicted molar refractivity (Wildman–Crippen MR) is 86.2 cm³/mol. The second-order valence-electron chi connectivity index (χ2n) is 5.57. The van der Waals surface area contributed by atoms with Crippen molar-refractivity contribution >= 4 is 11.6 Å². The van der Waals surface area contributed by atoms with Gasteiger partial charge < -0.3 is 14.8 Å². The Morgan fingerprint density at radius 2 is 2.10 bits per heavy atom. The molecule has 0 spiro atoms. The number of benzene rings is 1. The van der Waals surface area contributed by atoms with Gasteiger partial charge in [0.25, 0.3) is 0 Å². The molecule has 1 aromatic carbocycles. The molecule has 1 aliphatic rings. The van der Waals surface area contributed by atoms with Gasteiger partial charge in [-0.2, -0.15) is 0 Å². The highest BCUT2D eigenvalue weighted by Crippen LogP contribution is 2.28. The molecule has 1 heterocycles. The smallest absolute Gasteiger partial charge is 0.142 e. The maximum atomic E-state index is 6.28. The van der Waals surface area contributed by atoms with E-state index in [1.54, 1.807) is 0 Å². The van der Waals surface area contributed by atoms with Crippen LogP contribution in [0.3, 0.4) is 0 Å². The zero-order chi connectivity index (χ0) is 15.1. The molecule has 0 aromatic heterocycles. The average Bonchev–Trinajstić information content (AvgIpc) is 2.48. The number of hydrogen-bond acceptors (Lipinski definition) is 4. The third-order valence-corrected chi connectivity index (χ3v) is 3.80. The van der Waals surface area contributed by atoms with Gasteiger partial charge in [-0.15, -0.1) is 0 Å². The van der Waals surface area contributed by atoms with Crippen LogP contribution < -0.4 is 10.1 Å². The Morgan fingerprint density at radius 1 is 1.33 bits per heavy atom. The highest BCUT2D eigenvalue weighted by molar-refractivity contribution is 6.32. The van der Waals surface area contributed by atoms with E-state index in [9.17, 15) is 0 Å². The monoisotopic (exact) mass is 312 g/mol. The minimum Gasteiger partial charge on any atom is -0.490 e. The van der Waals surface area contributed by atoms with Crippen LogP contribution >= 0.6 is 11.6 Å². The number of halogens is 1. The van der Waals surface area contributed by atoms with Crippen LogP contribution in [0.2, 0.25) is 5.02 Å². The largest absolute Gasteiger partial charge is 0.490 e. The molecule has 0 bridgehead atoms. The van der Waals surface area contributed by atoms with Crippen LogP contribution in [0.4, 0.5) is 0 Å². The molecule has 1 aromatic rings. The van der Waals surface area contributed by atoms with Crippen molar-refractivity contribution in [3.8, 4) is 5.75 Å². The molecular weight excluding hydrogens is 288 g/mol. The Balaban J connectivity index is 1.88. The quantitative estimate of drug-likeness (QED) is 0.839. The van der Waals surface area contributed by atoms with Gasteiger partial charge in [-0.3, -0.25) is 4.90 Å². The first-order valence-electron chi connectivity index (χ1n) is 7.60. The molecule has 1 saturated heterocycles. The zero-order valence-electron chi connectivity index (χ0n) is 12.9. The molecule has 4 nitrogen and oxygen atoms in total. The van der Waals surface area contributed by atoms with E-state index in [-0.39, 0.29) is 0 Å². The minimum atomic E-state index is 0.435. The van der Waals surface area contributed by atoms with E-state index in [4.69, 9.17) is 21.1 Å². The second-order valence-corrected chi connectivity index (χ2v) is 5.97. The van der Waals surface area contributed by atoms with Crippen molar-refractivity contribution in [3.05, 3.63) is 28.8 Å². The van der Waals surface area contributed by atoms with Crippen molar-refractivity contribution < 1.29 is 9.47 Å². The Kier molecular flexibility index (Phi) is 6.77. The first-order valence-corrected chi connectivity index (χ1v) is 7.98. The lowest BCUT2D eigenvalue weighted by Crippen LogP contribution is -2.38. The fourth-order valence-electron chi connectivity index (χ4n) is 2.27. The first kappa shape index (κ1) is 16.6. The standard InChI is InChI=1S/C16H25ClN2O2/c1-13(2)18-12-14-4-3-5-15(17)16(14)21-11-8-19-6-9-20-10-7-19/h3-5,13,18H,6-12H2,1-2H3. The Hall–Kier alpha value is -0.810. The van der Waals surface area contributed by atoms with Gasteiger partial charge in [0, 0.05) is 37.8 Å². The molecule has 0 atom stereocenters. The zero-order valence-corrected chi connectivity index (χ0v) is 13.7. The van der Waals surface area contributed by atoms with Crippen LogP contribution in [0.5, 0.6) is 5.75 Å². The van der Waals surface area contributed by atoms with Crippen molar-refractivity contribution in [2.24, 2.45) is 0 Å². The average molecular weight is 313 g/mol. The van der Waals surface area contributed by atoms with Crippen molar-refractivity contribution in [1.29, 1.82) is 0 Å². The predicted octanol–water partition coefficient (Wildman–Crippen LogP) is 2.55. The fourth-order valence-corrected chi connectivity index (χ4v) is 2.52. The summed E-state index contributed by atoms with van der Waals surface area (Å²) >= 11 is 6.28. The third-order valence-electron chi connectivity index (χ3n) is 3.51. The number of para-hydroxylation sites is 1. The lowest BCUT2D eigenvalue weighted by Gasteiger charge is -2.26. The van der Waals surface area contributed by atoms with Crippen LogP contribution in [0, 0.1) is 0 Å². The van der Waals surface area contributed by atoms with Gasteiger partial charge in [0.05, 0.1) is 18.2 Å². The molecule has 118 valence electrons. The van der Waals surface area contributed by atoms with Crippen LogP contribution in [-0.4, -0.2) is 50.4 Å². The molecule has 0 amide bonds. The number of hydrogen-bond donors (Lipinski definition) is 1. The summed E-state index contributed by atoms with van der Waals surface area (Å²) in [6, 6.07) is 6.34. The van der Waals surface area contributed by atoms with Crippen molar-refractivity contribution in [1.82, 2.24) is 10.2 Å². The highest BCUT2D eigenvalue weighted by Gasteiger charge is 2.12. The summed E-state index contributed by atoms with van der Waals surface area (Å²) in [5.74, 6) is 0.806. The van der Waals surface area contributed by atoms with Gasteiger partial charge in [-0.1, -0.05) is 37.6 Å². The van der Waals surface area contributed by atoms with E-state index in [2.05, 4.69) is 30.1 Å². The van der Waals surface area contributed by atoms with Gasteiger partial charge in [0.1, 0.15) is 12.4 Å². The first-order chi connectivity index (χ1) is 10.2. The molecule has 0 radical (unpaired) electrons. The number of rotatable bonds is 7. The van der Waals surface area contributed by atoms with Crippen molar-refractivity contribution in [3.63, 3.8) is 0 Å². The van der Waals surface area contributed by atoms with Gasteiger partial charge in [-0.05, 0) is 6.07 Å². The van der Waals surface area contributed by atoms with E-state index >= 15 is 0 Å². The van der Waals surface area contributed by atoms with Gasteiger partial charge in [0.2, 0.25) is 0 Å². The van der Waals surface area contributed by atoms with Gasteiger partial charge >= 0.3 is 0 Å². The molecule has 5 heteroatoms. The number of nitrogens with zero attached hydrogens (tertiary/aromatic N) is 1. The second kappa shape index (κ2) is 8.59. The normalized spacial score (nSPS) is 16.4. The van der Waals surface area contributed by atoms with E-state index in [0.29, 0.717) is 17.7 Å². The van der Waals surface area contributed by atoms with Crippen molar-refractivity contribution in [2.75, 3.05) is 39.5 Å². The molecule has 21 heavy (non-hydrogen) atoms. The maximum Gasteiger partial charge on any atom is 0.142 e. The van der Waals surface area contributed by atoms with Crippen LogP contribution in [0.25, 0.3) is 0 Å². The van der Waals surface area contributed by atoms with E-state index in [1.807, 2.05) is 12.1 Å². The summed E-state index contributed by atoms with van der Waals surface area (Å²) in [5, 5.41) is 4.08. The van der Waals surface area contributed by atoms with E-state index < -0.39 is 0 Å². The van der Waals surface area contributed by atoms with Crippen LogP contribution in [-0.2, 0) is 11.3 Å². The summed E-state index contributed by atoms with van der Waals surface area (Å²) in [6.45, 7) is 10.2. The molecule has 1 aliphatic heterocycles. The molecule has 0 saturated carbocycles. The lowest BCUT2D eigenvalue weighted by atomic mass is 10.2. The molecule has 1 N–H and O–H groups in total. The summed E-state index contributed by atoms with van der Waals surface area (Å²) in [5.41, 5.74) is 1.11. The topological polar surface area (TPSA) is 33.7 Å². The summed E-state index contributed by atoms with van der Waals surface area (Å²) < 4.78 is 11.3. The number of ether oxygens (including phenoxy) is 2. The summed E-state index contributed by atoms with van der Waals surface area (Å²) in [4.78, 5) is 2.35. The summed E-state index contributed by atoms with van der Waals surface area (Å²) in [7, 11) is 0. The number of morpholine rings is 1. The molecule has 2 rings (SSSR count). The lowest BCUT2D eigenvalue weighted by molar-refractivity contribution is 0.0322. The summed E-state index contributed by atoms with van der Waals surface area (Å²) in [6.07, 6.45) is 0. The molecule has 0 aliphatic carbocycles. The van der Waals surface area contributed by atoms with Gasteiger partial charge in [-0.25, -0.2) is 0 Å². The molecular formula is C16H25ClN2O2. The Morgan fingerprint density at radius 3 is 2.81 bits per heavy atom. The minimum absolute atomic E-state index is 0.435. The van der Waals surface area contributed by atoms with E-state index in [0.717, 1.165) is 50.7 Å². The van der Waals surface area contributed by atoms with E-state index in [1.165, 1.54) is 0 Å². The van der Waals surface area contributed by atoms with Crippen LogP contribution in [0.1, 0.15) is 19.4 Å². The van der Waals surface area contributed by atoms with Crippen molar-refractivity contribution in [2.45, 2.75) is 26.4 Å². The molecule has 1 fully saturated rings. The molecule has 0 unspecified atom stereocenters. The fraction of sp³-hybridized carbons (Fsp3) is 0.625. The SMILES string of the molecule is CC(C)NCc1cccc(Cl)c1OCCN1CCOCC1. The Bertz CT molecular complexity index is 434. The highest BCUT2D eigenvalue weighted by atomic mass is 35.5. The maximum absolute atomic E-state index is 6.28.